The van der Waals surface area contributed by atoms with Crippen molar-refractivity contribution >= 4 is 23.5 Å². The fourth-order valence-corrected chi connectivity index (χ4v) is 2.33. The number of aromatic hydroxyl groups is 1. The first-order chi connectivity index (χ1) is 13.3. The van der Waals surface area contributed by atoms with Crippen LogP contribution < -0.4 is 15.4 Å². The van der Waals surface area contributed by atoms with Crippen molar-refractivity contribution in [1.82, 2.24) is 5.32 Å². The minimum atomic E-state index is -0.866. The first-order valence-corrected chi connectivity index (χ1v) is 8.48. The highest BCUT2D eigenvalue weighted by atomic mass is 16.5. The van der Waals surface area contributed by atoms with Gasteiger partial charge < -0.3 is 25.2 Å². The van der Waals surface area contributed by atoms with Crippen molar-refractivity contribution in [2.45, 2.75) is 13.8 Å². The number of anilines is 1. The van der Waals surface area contributed by atoms with E-state index < -0.39 is 24.4 Å². The fraction of sp³-hybridized carbons (Fsp3) is 0.250. The molecule has 8 heteroatoms. The largest absolute Gasteiger partial charge is 0.507 e. The van der Waals surface area contributed by atoms with Crippen LogP contribution in [0.2, 0.25) is 0 Å². The van der Waals surface area contributed by atoms with Crippen LogP contribution in [-0.4, -0.2) is 43.2 Å². The average molecular weight is 386 g/mol. The Morgan fingerprint density at radius 2 is 1.82 bits per heavy atom. The number of ether oxygens (including phenoxy) is 2. The maximum atomic E-state index is 12.0. The van der Waals surface area contributed by atoms with Gasteiger partial charge in [0.25, 0.3) is 5.91 Å². The molecule has 0 aliphatic carbocycles. The third-order valence-corrected chi connectivity index (χ3v) is 4.08. The Morgan fingerprint density at radius 3 is 2.50 bits per heavy atom. The van der Waals surface area contributed by atoms with Gasteiger partial charge in [-0.05, 0) is 43.2 Å². The molecule has 2 amide bonds. The van der Waals surface area contributed by atoms with Gasteiger partial charge in [-0.15, -0.1) is 0 Å². The lowest BCUT2D eigenvalue weighted by atomic mass is 10.1. The van der Waals surface area contributed by atoms with Crippen LogP contribution in [0.25, 0.3) is 0 Å². The van der Waals surface area contributed by atoms with Crippen molar-refractivity contribution < 1.29 is 29.0 Å². The van der Waals surface area contributed by atoms with E-state index in [4.69, 9.17) is 9.47 Å². The summed E-state index contributed by atoms with van der Waals surface area (Å²) in [7, 11) is 1.42. The number of methoxy groups -OCH3 is 1. The normalized spacial score (nSPS) is 10.1. The summed E-state index contributed by atoms with van der Waals surface area (Å²) in [5, 5.41) is 14.9. The number of hydrogen-bond acceptors (Lipinski definition) is 6. The number of esters is 1. The van der Waals surface area contributed by atoms with Crippen molar-refractivity contribution in [3.8, 4) is 11.5 Å². The molecular weight excluding hydrogens is 364 g/mol. The van der Waals surface area contributed by atoms with Gasteiger partial charge in [-0.25, -0.2) is 4.79 Å². The van der Waals surface area contributed by atoms with Crippen molar-refractivity contribution in [2.24, 2.45) is 0 Å². The van der Waals surface area contributed by atoms with Crippen molar-refractivity contribution in [1.29, 1.82) is 0 Å². The Hall–Kier alpha value is -3.55. The molecule has 0 saturated heterocycles. The lowest BCUT2D eigenvalue weighted by molar-refractivity contribution is -0.126. The summed E-state index contributed by atoms with van der Waals surface area (Å²) < 4.78 is 9.77. The molecule has 2 aromatic carbocycles. The van der Waals surface area contributed by atoms with E-state index in [0.29, 0.717) is 11.4 Å². The summed E-state index contributed by atoms with van der Waals surface area (Å²) in [5.41, 5.74) is 2.55. The van der Waals surface area contributed by atoms with E-state index in [9.17, 15) is 19.5 Å². The number of phenolic OH excluding ortho intramolecular Hbond substituents is 1. The SMILES string of the molecule is COc1ccc(C(=O)OCC(=O)NCC(=O)Nc2cccc(C)c2C)c(O)c1. The predicted molar refractivity (Wildman–Crippen MR) is 102 cm³/mol. The van der Waals surface area contributed by atoms with Gasteiger partial charge in [0.15, 0.2) is 6.61 Å². The minimum absolute atomic E-state index is 0.0961. The summed E-state index contributed by atoms with van der Waals surface area (Å²) >= 11 is 0. The van der Waals surface area contributed by atoms with Crippen LogP contribution in [0.3, 0.4) is 0 Å². The quantitative estimate of drug-likeness (QED) is 0.627. The van der Waals surface area contributed by atoms with E-state index in [1.54, 1.807) is 6.07 Å². The van der Waals surface area contributed by atoms with Gasteiger partial charge >= 0.3 is 5.97 Å². The highest BCUT2D eigenvalue weighted by Crippen LogP contribution is 2.23. The summed E-state index contributed by atoms with van der Waals surface area (Å²) in [6, 6.07) is 9.59. The minimum Gasteiger partial charge on any atom is -0.507 e. The van der Waals surface area contributed by atoms with Gasteiger partial charge in [0.2, 0.25) is 5.91 Å². The molecule has 8 nitrogen and oxygen atoms in total. The zero-order chi connectivity index (χ0) is 20.7. The number of benzene rings is 2. The van der Waals surface area contributed by atoms with Gasteiger partial charge in [-0.1, -0.05) is 12.1 Å². The van der Waals surface area contributed by atoms with Gasteiger partial charge in [0, 0.05) is 11.8 Å². The predicted octanol–water partition coefficient (Wildman–Crippen LogP) is 1.93. The molecule has 0 fully saturated rings. The maximum Gasteiger partial charge on any atom is 0.342 e. The molecule has 0 atom stereocenters. The number of rotatable bonds is 7. The van der Waals surface area contributed by atoms with E-state index in [2.05, 4.69) is 10.6 Å². The highest BCUT2D eigenvalue weighted by molar-refractivity contribution is 5.96. The molecule has 0 saturated carbocycles. The number of carbonyl (C=O) groups is 3. The number of amides is 2. The van der Waals surface area contributed by atoms with Crippen molar-refractivity contribution in [2.75, 3.05) is 25.6 Å². The number of nitrogens with one attached hydrogen (secondary N) is 2. The summed E-state index contributed by atoms with van der Waals surface area (Å²) in [5.74, 6) is -1.85. The number of phenols is 1. The van der Waals surface area contributed by atoms with Gasteiger partial charge in [-0.2, -0.15) is 0 Å². The number of aryl methyl sites for hydroxylation is 1. The smallest absolute Gasteiger partial charge is 0.342 e. The van der Waals surface area contributed by atoms with Crippen LogP contribution in [0.1, 0.15) is 21.5 Å². The molecule has 0 radical (unpaired) electrons. The van der Waals surface area contributed by atoms with Crippen molar-refractivity contribution in [3.05, 3.63) is 53.1 Å². The Labute approximate surface area is 162 Å². The lowest BCUT2D eigenvalue weighted by Gasteiger charge is -2.11. The Balaban J connectivity index is 1.80. The van der Waals surface area contributed by atoms with Crippen LogP contribution in [0.15, 0.2) is 36.4 Å². The first kappa shape index (κ1) is 20.8. The van der Waals surface area contributed by atoms with Crippen LogP contribution in [-0.2, 0) is 14.3 Å². The third-order valence-electron chi connectivity index (χ3n) is 4.08. The van der Waals surface area contributed by atoms with Crippen LogP contribution in [0, 0.1) is 13.8 Å². The molecule has 0 bridgehead atoms. The molecule has 2 aromatic rings. The summed E-state index contributed by atoms with van der Waals surface area (Å²) in [6.07, 6.45) is 0. The molecule has 2 rings (SSSR count). The van der Waals surface area contributed by atoms with E-state index in [0.717, 1.165) is 11.1 Å². The molecule has 0 aliphatic heterocycles. The maximum absolute atomic E-state index is 12.0. The second-order valence-electron chi connectivity index (χ2n) is 6.03. The van der Waals surface area contributed by atoms with Crippen LogP contribution >= 0.6 is 0 Å². The molecule has 0 spiro atoms. The zero-order valence-electron chi connectivity index (χ0n) is 15.9. The molecule has 0 heterocycles. The Kier molecular flexibility index (Phi) is 6.97. The molecule has 148 valence electrons. The van der Waals surface area contributed by atoms with Gasteiger partial charge in [-0.3, -0.25) is 9.59 Å². The molecular formula is C20H22N2O6. The van der Waals surface area contributed by atoms with Crippen LogP contribution in [0.4, 0.5) is 5.69 Å². The summed E-state index contributed by atoms with van der Waals surface area (Å²) in [6.45, 7) is 2.97. The molecule has 0 unspecified atom stereocenters. The number of hydrogen-bond donors (Lipinski definition) is 3. The van der Waals surface area contributed by atoms with E-state index in [1.807, 2.05) is 26.0 Å². The van der Waals surface area contributed by atoms with Crippen molar-refractivity contribution in [3.63, 3.8) is 0 Å². The lowest BCUT2D eigenvalue weighted by Crippen LogP contribution is -2.35. The average Bonchev–Trinajstić information content (AvgIpc) is 2.67. The Bertz CT molecular complexity index is 894. The van der Waals surface area contributed by atoms with E-state index in [1.165, 1.54) is 25.3 Å². The van der Waals surface area contributed by atoms with Crippen LogP contribution in [0.5, 0.6) is 11.5 Å². The zero-order valence-corrected chi connectivity index (χ0v) is 15.9. The highest BCUT2D eigenvalue weighted by Gasteiger charge is 2.15. The van der Waals surface area contributed by atoms with Gasteiger partial charge in [0.1, 0.15) is 17.1 Å². The van der Waals surface area contributed by atoms with E-state index in [-0.39, 0.29) is 17.9 Å². The van der Waals surface area contributed by atoms with E-state index >= 15 is 0 Å². The molecule has 0 aromatic heterocycles. The third kappa shape index (κ3) is 5.47. The second-order valence-corrected chi connectivity index (χ2v) is 6.03. The Morgan fingerprint density at radius 1 is 1.07 bits per heavy atom. The number of carbonyl (C=O) groups excluding carboxylic acids is 3. The van der Waals surface area contributed by atoms with Gasteiger partial charge in [0.05, 0.1) is 13.7 Å². The summed E-state index contributed by atoms with van der Waals surface area (Å²) in [4.78, 5) is 35.7. The molecule has 28 heavy (non-hydrogen) atoms. The molecule has 0 aliphatic rings. The molecule has 3 N–H and O–H groups in total. The standard InChI is InChI=1S/C20H22N2O6/c1-12-5-4-6-16(13(12)2)22-18(24)10-21-19(25)11-28-20(26)15-8-7-14(27-3)9-17(15)23/h4-9,23H,10-11H2,1-3H3,(H,21,25)(H,22,24). The monoisotopic (exact) mass is 386 g/mol. The fourth-order valence-electron chi connectivity index (χ4n) is 2.33. The first-order valence-electron chi connectivity index (χ1n) is 8.48. The topological polar surface area (TPSA) is 114 Å². The second kappa shape index (κ2) is 9.40.